The first-order valence-corrected chi connectivity index (χ1v) is 7.80. The molecule has 0 amide bonds. The Morgan fingerprint density at radius 3 is 2.19 bits per heavy atom. The molecule has 0 bridgehead atoms. The summed E-state index contributed by atoms with van der Waals surface area (Å²) in [7, 11) is 0. The average Bonchev–Trinajstić information content (AvgIpc) is 2.53. The second-order valence-electron chi connectivity index (χ2n) is 6.04. The number of hydrogen-bond acceptors (Lipinski definition) is 1. The molecule has 0 spiro atoms. The Labute approximate surface area is 126 Å². The maximum atomic E-state index is 12.9. The van der Waals surface area contributed by atoms with Crippen LogP contribution in [-0.4, -0.2) is 18.0 Å². The maximum Gasteiger partial charge on any atom is 0.123 e. The molecular weight excluding hydrogens is 261 g/mol. The fraction of sp³-hybridized carbons (Fsp3) is 0.368. The van der Waals surface area contributed by atoms with Crippen molar-refractivity contribution in [1.29, 1.82) is 0 Å². The highest BCUT2D eigenvalue weighted by molar-refractivity contribution is 5.17. The molecule has 0 radical (unpaired) electrons. The van der Waals surface area contributed by atoms with Crippen LogP contribution in [0.15, 0.2) is 54.6 Å². The van der Waals surface area contributed by atoms with E-state index < -0.39 is 0 Å². The van der Waals surface area contributed by atoms with E-state index in [4.69, 9.17) is 0 Å². The van der Waals surface area contributed by atoms with Gasteiger partial charge in [0.15, 0.2) is 0 Å². The largest absolute Gasteiger partial charge is 0.299 e. The number of piperidine rings is 1. The molecule has 1 saturated heterocycles. The number of benzene rings is 2. The average molecular weight is 283 g/mol. The van der Waals surface area contributed by atoms with Gasteiger partial charge in [0.2, 0.25) is 0 Å². The quantitative estimate of drug-likeness (QED) is 0.809. The molecule has 21 heavy (non-hydrogen) atoms. The van der Waals surface area contributed by atoms with Gasteiger partial charge in [-0.25, -0.2) is 4.39 Å². The third-order valence-corrected chi connectivity index (χ3v) is 4.39. The lowest BCUT2D eigenvalue weighted by Crippen LogP contribution is -2.33. The topological polar surface area (TPSA) is 3.24 Å². The lowest BCUT2D eigenvalue weighted by Gasteiger charge is -2.32. The van der Waals surface area contributed by atoms with E-state index in [-0.39, 0.29) is 5.82 Å². The first-order valence-electron chi connectivity index (χ1n) is 7.80. The second kappa shape index (κ2) is 6.86. The molecule has 1 aliphatic heterocycles. The molecule has 0 saturated carbocycles. The highest BCUT2D eigenvalue weighted by Crippen LogP contribution is 2.22. The van der Waals surface area contributed by atoms with Gasteiger partial charge < -0.3 is 0 Å². The van der Waals surface area contributed by atoms with Crippen molar-refractivity contribution in [2.24, 2.45) is 5.92 Å². The first kappa shape index (κ1) is 14.3. The normalized spacial score (nSPS) is 17.0. The number of likely N-dealkylation sites (tertiary alicyclic amines) is 1. The Morgan fingerprint density at radius 2 is 1.52 bits per heavy atom. The minimum absolute atomic E-state index is 0.152. The van der Waals surface area contributed by atoms with Gasteiger partial charge in [0.25, 0.3) is 0 Å². The standard InChI is InChI=1S/C19H22FN/c20-19-8-6-18(7-9-19)15-21-12-10-17(11-13-21)14-16-4-2-1-3-5-16/h1-9,17H,10-15H2. The van der Waals surface area contributed by atoms with Crippen molar-refractivity contribution in [2.75, 3.05) is 13.1 Å². The van der Waals surface area contributed by atoms with Crippen molar-refractivity contribution in [3.05, 3.63) is 71.5 Å². The first-order chi connectivity index (χ1) is 10.3. The highest BCUT2D eigenvalue weighted by Gasteiger charge is 2.19. The summed E-state index contributed by atoms with van der Waals surface area (Å²) in [6.07, 6.45) is 3.72. The van der Waals surface area contributed by atoms with Gasteiger partial charge in [-0.15, -0.1) is 0 Å². The van der Waals surface area contributed by atoms with Gasteiger partial charge >= 0.3 is 0 Å². The summed E-state index contributed by atoms with van der Waals surface area (Å²) in [5.74, 6) is 0.650. The second-order valence-corrected chi connectivity index (χ2v) is 6.04. The zero-order chi connectivity index (χ0) is 14.5. The van der Waals surface area contributed by atoms with E-state index in [0.29, 0.717) is 0 Å². The molecule has 0 atom stereocenters. The van der Waals surface area contributed by atoms with Gasteiger partial charge in [0.05, 0.1) is 0 Å². The van der Waals surface area contributed by atoms with Crippen LogP contribution < -0.4 is 0 Å². The lowest BCUT2D eigenvalue weighted by atomic mass is 9.90. The fourth-order valence-electron chi connectivity index (χ4n) is 3.14. The molecule has 1 heterocycles. The third kappa shape index (κ3) is 4.15. The van der Waals surface area contributed by atoms with Crippen LogP contribution in [0, 0.1) is 11.7 Å². The van der Waals surface area contributed by atoms with Crippen molar-refractivity contribution < 1.29 is 4.39 Å². The smallest absolute Gasteiger partial charge is 0.123 e. The third-order valence-electron chi connectivity index (χ3n) is 4.39. The molecule has 2 aromatic rings. The van der Waals surface area contributed by atoms with Crippen LogP contribution >= 0.6 is 0 Å². The predicted molar refractivity (Wildman–Crippen MR) is 84.5 cm³/mol. The Balaban J connectivity index is 1.47. The Bertz CT molecular complexity index is 542. The van der Waals surface area contributed by atoms with Crippen LogP contribution in [-0.2, 0) is 13.0 Å². The summed E-state index contributed by atoms with van der Waals surface area (Å²) < 4.78 is 12.9. The number of nitrogens with zero attached hydrogens (tertiary/aromatic N) is 1. The van der Waals surface area contributed by atoms with E-state index in [1.165, 1.54) is 30.4 Å². The molecule has 0 aromatic heterocycles. The Hall–Kier alpha value is -1.67. The van der Waals surface area contributed by atoms with Crippen molar-refractivity contribution in [1.82, 2.24) is 4.90 Å². The van der Waals surface area contributed by atoms with Crippen LogP contribution in [0.1, 0.15) is 24.0 Å². The molecule has 0 N–H and O–H groups in total. The van der Waals surface area contributed by atoms with Gasteiger partial charge in [0.1, 0.15) is 5.82 Å². The lowest BCUT2D eigenvalue weighted by molar-refractivity contribution is 0.177. The zero-order valence-corrected chi connectivity index (χ0v) is 12.3. The van der Waals surface area contributed by atoms with Crippen molar-refractivity contribution in [3.8, 4) is 0 Å². The number of halogens is 1. The molecule has 1 fully saturated rings. The summed E-state index contributed by atoms with van der Waals surface area (Å²) in [5, 5.41) is 0. The van der Waals surface area contributed by atoms with Gasteiger partial charge in [-0.3, -0.25) is 4.90 Å². The van der Waals surface area contributed by atoms with E-state index >= 15 is 0 Å². The van der Waals surface area contributed by atoms with Crippen LogP contribution in [0.25, 0.3) is 0 Å². The van der Waals surface area contributed by atoms with Gasteiger partial charge in [0, 0.05) is 6.54 Å². The molecule has 3 rings (SSSR count). The Kier molecular flexibility index (Phi) is 4.66. The van der Waals surface area contributed by atoms with Crippen molar-refractivity contribution in [2.45, 2.75) is 25.8 Å². The fourth-order valence-corrected chi connectivity index (χ4v) is 3.14. The molecule has 0 unspecified atom stereocenters. The van der Waals surface area contributed by atoms with Crippen LogP contribution in [0.3, 0.4) is 0 Å². The number of hydrogen-bond donors (Lipinski definition) is 0. The van der Waals surface area contributed by atoms with Gasteiger partial charge in [-0.05, 0) is 61.5 Å². The molecule has 110 valence electrons. The van der Waals surface area contributed by atoms with Gasteiger partial charge in [-0.1, -0.05) is 42.5 Å². The molecule has 2 aromatic carbocycles. The summed E-state index contributed by atoms with van der Waals surface area (Å²) in [4.78, 5) is 2.48. The highest BCUT2D eigenvalue weighted by atomic mass is 19.1. The van der Waals surface area contributed by atoms with Crippen molar-refractivity contribution in [3.63, 3.8) is 0 Å². The molecule has 0 aliphatic carbocycles. The number of rotatable bonds is 4. The predicted octanol–water partition coefficient (Wildman–Crippen LogP) is 4.28. The molecular formula is C19H22FN. The van der Waals surface area contributed by atoms with Crippen LogP contribution in [0.4, 0.5) is 4.39 Å². The van der Waals surface area contributed by atoms with Crippen molar-refractivity contribution >= 4 is 0 Å². The van der Waals surface area contributed by atoms with E-state index in [9.17, 15) is 4.39 Å². The Morgan fingerprint density at radius 1 is 0.857 bits per heavy atom. The molecule has 1 aliphatic rings. The van der Waals surface area contributed by atoms with E-state index in [1.54, 1.807) is 12.1 Å². The van der Waals surface area contributed by atoms with Crippen LogP contribution in [0.2, 0.25) is 0 Å². The van der Waals surface area contributed by atoms with Gasteiger partial charge in [-0.2, -0.15) is 0 Å². The zero-order valence-electron chi connectivity index (χ0n) is 12.3. The van der Waals surface area contributed by atoms with E-state index in [2.05, 4.69) is 35.2 Å². The van der Waals surface area contributed by atoms with E-state index in [0.717, 1.165) is 25.6 Å². The SMILES string of the molecule is Fc1ccc(CN2CCC(Cc3ccccc3)CC2)cc1. The maximum absolute atomic E-state index is 12.9. The molecule has 1 nitrogen and oxygen atoms in total. The minimum atomic E-state index is -0.152. The molecule has 2 heteroatoms. The summed E-state index contributed by atoms with van der Waals surface area (Å²) in [6.45, 7) is 3.24. The van der Waals surface area contributed by atoms with E-state index in [1.807, 2.05) is 12.1 Å². The summed E-state index contributed by atoms with van der Waals surface area (Å²) in [6, 6.07) is 17.7. The monoisotopic (exact) mass is 283 g/mol. The minimum Gasteiger partial charge on any atom is -0.299 e. The van der Waals surface area contributed by atoms with Crippen LogP contribution in [0.5, 0.6) is 0 Å². The summed E-state index contributed by atoms with van der Waals surface area (Å²) in [5.41, 5.74) is 2.66. The summed E-state index contributed by atoms with van der Waals surface area (Å²) >= 11 is 0.